The molecule has 1 aliphatic heterocycles. The number of rotatable bonds is 3. The van der Waals surface area contributed by atoms with Crippen LogP contribution in [0.1, 0.15) is 18.1 Å². The maximum Gasteiger partial charge on any atom is 0.0981 e. The number of aliphatic hydroxyl groups excluding tert-OH is 1. The van der Waals surface area contributed by atoms with Gasteiger partial charge in [-0.15, -0.1) is 0 Å². The summed E-state index contributed by atoms with van der Waals surface area (Å²) in [7, 11) is 0. The van der Waals surface area contributed by atoms with E-state index in [4.69, 9.17) is 0 Å². The lowest BCUT2D eigenvalue weighted by Gasteiger charge is -2.18. The quantitative estimate of drug-likeness (QED) is 0.782. The van der Waals surface area contributed by atoms with Crippen molar-refractivity contribution in [2.45, 2.75) is 12.5 Å². The van der Waals surface area contributed by atoms with Crippen LogP contribution in [0.3, 0.4) is 0 Å². The minimum atomic E-state index is -0.438. The lowest BCUT2D eigenvalue weighted by molar-refractivity contribution is 0.121. The average molecular weight is 190 g/mol. The van der Waals surface area contributed by atoms with Crippen LogP contribution in [-0.4, -0.2) is 29.4 Å². The summed E-state index contributed by atoms with van der Waals surface area (Å²) in [5, 5.41) is 15.9. The van der Waals surface area contributed by atoms with Crippen molar-refractivity contribution < 1.29 is 5.11 Å². The maximum atomic E-state index is 9.87. The van der Waals surface area contributed by atoms with Gasteiger partial charge in [0.15, 0.2) is 0 Å². The van der Waals surface area contributed by atoms with Crippen LogP contribution in [0.25, 0.3) is 0 Å². The Hall–Kier alpha value is -1.35. The first-order valence-electron chi connectivity index (χ1n) is 4.86. The van der Waals surface area contributed by atoms with Crippen LogP contribution >= 0.6 is 0 Å². The minimum absolute atomic E-state index is 0.438. The molecule has 0 amide bonds. The molecule has 1 aromatic carbocycles. The zero-order valence-corrected chi connectivity index (χ0v) is 8.00. The lowest BCUT2D eigenvalue weighted by atomic mass is 10.1. The predicted octanol–water partition coefficient (Wildman–Crippen LogP) is 1.41. The largest absolute Gasteiger partial charge is 0.386 e. The summed E-state index contributed by atoms with van der Waals surface area (Å²) >= 11 is 0. The smallest absolute Gasteiger partial charge is 0.0981 e. The van der Waals surface area contributed by atoms with Gasteiger partial charge in [0, 0.05) is 19.2 Å². The van der Waals surface area contributed by atoms with Crippen LogP contribution in [0.4, 0.5) is 0 Å². The van der Waals surface area contributed by atoms with Crippen molar-refractivity contribution in [2.75, 3.05) is 13.1 Å². The molecule has 1 aromatic rings. The van der Waals surface area contributed by atoms with Crippen molar-refractivity contribution in [3.63, 3.8) is 0 Å². The second-order valence-corrected chi connectivity index (χ2v) is 3.43. The highest BCUT2D eigenvalue weighted by molar-refractivity contribution is 5.58. The van der Waals surface area contributed by atoms with E-state index in [9.17, 15) is 5.11 Å². The van der Waals surface area contributed by atoms with Gasteiger partial charge in [-0.1, -0.05) is 30.3 Å². The van der Waals surface area contributed by atoms with Gasteiger partial charge < -0.3 is 5.11 Å². The van der Waals surface area contributed by atoms with E-state index < -0.39 is 6.10 Å². The summed E-state index contributed by atoms with van der Waals surface area (Å²) in [6.45, 7) is 1.50. The predicted molar refractivity (Wildman–Crippen MR) is 56.1 cm³/mol. The molecule has 0 aliphatic carbocycles. The summed E-state index contributed by atoms with van der Waals surface area (Å²) in [5.41, 5.74) is 0.953. The van der Waals surface area contributed by atoms with Crippen LogP contribution in [0.2, 0.25) is 0 Å². The van der Waals surface area contributed by atoms with Crippen molar-refractivity contribution >= 4 is 6.21 Å². The minimum Gasteiger partial charge on any atom is -0.386 e. The number of aliphatic hydroxyl groups is 1. The third-order valence-corrected chi connectivity index (χ3v) is 2.33. The van der Waals surface area contributed by atoms with Crippen LogP contribution in [0, 0.1) is 0 Å². The van der Waals surface area contributed by atoms with E-state index in [2.05, 4.69) is 5.10 Å². The summed E-state index contributed by atoms with van der Waals surface area (Å²) < 4.78 is 0. The SMILES string of the molecule is OC(CN1CCC=N1)c1ccccc1. The molecule has 0 radical (unpaired) electrons. The van der Waals surface area contributed by atoms with E-state index in [0.717, 1.165) is 18.5 Å². The van der Waals surface area contributed by atoms with Crippen LogP contribution in [0.5, 0.6) is 0 Å². The monoisotopic (exact) mass is 190 g/mol. The summed E-state index contributed by atoms with van der Waals surface area (Å²) in [5.74, 6) is 0. The topological polar surface area (TPSA) is 35.8 Å². The van der Waals surface area contributed by atoms with E-state index in [1.54, 1.807) is 0 Å². The standard InChI is InChI=1S/C11H14N2O/c14-11(9-13-8-4-7-12-13)10-5-2-1-3-6-10/h1-3,5-7,11,14H,4,8-9H2. The van der Waals surface area contributed by atoms with Gasteiger partial charge in [-0.3, -0.25) is 5.01 Å². The van der Waals surface area contributed by atoms with Crippen LogP contribution < -0.4 is 0 Å². The van der Waals surface area contributed by atoms with Gasteiger partial charge >= 0.3 is 0 Å². The number of hydrazone groups is 1. The molecule has 0 spiro atoms. The maximum absolute atomic E-state index is 9.87. The number of hydrogen-bond donors (Lipinski definition) is 1. The van der Waals surface area contributed by atoms with Crippen molar-refractivity contribution in [3.05, 3.63) is 35.9 Å². The molecule has 14 heavy (non-hydrogen) atoms. The zero-order valence-electron chi connectivity index (χ0n) is 8.00. The number of nitrogens with zero attached hydrogens (tertiary/aromatic N) is 2. The van der Waals surface area contributed by atoms with Gasteiger partial charge in [0.05, 0.1) is 12.6 Å². The molecule has 74 valence electrons. The average Bonchev–Trinajstić information content (AvgIpc) is 2.72. The number of benzene rings is 1. The third kappa shape index (κ3) is 2.12. The van der Waals surface area contributed by atoms with Crippen molar-refractivity contribution in [2.24, 2.45) is 5.10 Å². The Bertz CT molecular complexity index is 310. The lowest BCUT2D eigenvalue weighted by Crippen LogP contribution is -2.21. The zero-order chi connectivity index (χ0) is 9.80. The fourth-order valence-electron chi connectivity index (χ4n) is 1.56. The second-order valence-electron chi connectivity index (χ2n) is 3.43. The highest BCUT2D eigenvalue weighted by Gasteiger charge is 2.13. The first kappa shape index (κ1) is 9.21. The normalized spacial score (nSPS) is 17.4. The summed E-state index contributed by atoms with van der Waals surface area (Å²) in [6, 6.07) is 9.69. The summed E-state index contributed by atoms with van der Waals surface area (Å²) in [6.07, 6.45) is 2.44. The van der Waals surface area contributed by atoms with Gasteiger partial charge in [-0.25, -0.2) is 0 Å². The van der Waals surface area contributed by atoms with Gasteiger partial charge in [0.1, 0.15) is 0 Å². The first-order valence-corrected chi connectivity index (χ1v) is 4.86. The molecule has 1 aliphatic rings. The second kappa shape index (κ2) is 4.24. The van der Waals surface area contributed by atoms with E-state index in [0.29, 0.717) is 6.54 Å². The molecule has 1 atom stereocenters. The highest BCUT2D eigenvalue weighted by Crippen LogP contribution is 2.14. The molecular formula is C11H14N2O. The highest BCUT2D eigenvalue weighted by atomic mass is 16.3. The molecule has 0 bridgehead atoms. The van der Waals surface area contributed by atoms with Crippen LogP contribution in [-0.2, 0) is 0 Å². The van der Waals surface area contributed by atoms with Gasteiger partial charge in [-0.05, 0) is 5.56 Å². The Kier molecular flexibility index (Phi) is 2.79. The molecule has 3 heteroatoms. The van der Waals surface area contributed by atoms with Crippen molar-refractivity contribution in [1.29, 1.82) is 0 Å². The van der Waals surface area contributed by atoms with Crippen molar-refractivity contribution in [1.82, 2.24) is 5.01 Å². The number of β-amino-alcohol motifs (C(OH)–C–C–N with tert-alkyl or cyclic N) is 1. The fourth-order valence-corrected chi connectivity index (χ4v) is 1.56. The van der Waals surface area contributed by atoms with Gasteiger partial charge in [-0.2, -0.15) is 5.10 Å². The Morgan fingerprint density at radius 1 is 1.36 bits per heavy atom. The van der Waals surface area contributed by atoms with Gasteiger partial charge in [0.2, 0.25) is 0 Å². The fraction of sp³-hybridized carbons (Fsp3) is 0.364. The molecule has 0 fully saturated rings. The molecule has 2 rings (SSSR count). The molecule has 0 aromatic heterocycles. The van der Waals surface area contributed by atoms with Crippen LogP contribution in [0.15, 0.2) is 35.4 Å². The summed E-state index contributed by atoms with van der Waals surface area (Å²) in [4.78, 5) is 0. The molecule has 1 N–H and O–H groups in total. The molecule has 1 unspecified atom stereocenters. The Morgan fingerprint density at radius 3 is 2.79 bits per heavy atom. The van der Waals surface area contributed by atoms with Crippen molar-refractivity contribution in [3.8, 4) is 0 Å². The Labute approximate surface area is 83.7 Å². The third-order valence-electron chi connectivity index (χ3n) is 2.33. The van der Waals surface area contributed by atoms with E-state index in [1.165, 1.54) is 0 Å². The molecular weight excluding hydrogens is 176 g/mol. The van der Waals surface area contributed by atoms with E-state index >= 15 is 0 Å². The molecule has 3 nitrogen and oxygen atoms in total. The molecule has 1 heterocycles. The number of hydrogen-bond acceptors (Lipinski definition) is 3. The van der Waals surface area contributed by atoms with E-state index in [1.807, 2.05) is 41.6 Å². The Morgan fingerprint density at radius 2 is 2.14 bits per heavy atom. The molecule has 0 saturated heterocycles. The van der Waals surface area contributed by atoms with Gasteiger partial charge in [0.25, 0.3) is 0 Å². The van der Waals surface area contributed by atoms with E-state index in [-0.39, 0.29) is 0 Å². The first-order chi connectivity index (χ1) is 6.86. The molecule has 0 saturated carbocycles. The Balaban J connectivity index is 1.95.